The molecule has 1 amide bonds. The van der Waals surface area contributed by atoms with Gasteiger partial charge in [0.2, 0.25) is 5.91 Å². The fraction of sp³-hybridized carbons (Fsp3) is 0.115. The number of hydrogen-bond acceptors (Lipinski definition) is 4. The maximum atomic E-state index is 13.0. The Bertz CT molecular complexity index is 1400. The molecule has 1 unspecified atom stereocenters. The van der Waals surface area contributed by atoms with E-state index in [0.29, 0.717) is 26.8 Å². The third-order valence-electron chi connectivity index (χ3n) is 5.43. The van der Waals surface area contributed by atoms with Crippen molar-refractivity contribution >= 4 is 74.9 Å². The highest BCUT2D eigenvalue weighted by Gasteiger charge is 2.29. The van der Waals surface area contributed by atoms with Crippen LogP contribution in [-0.4, -0.2) is 24.0 Å². The normalized spacial score (nSPS) is 11.8. The number of anilines is 1. The average Bonchev–Trinajstić information content (AvgIpc) is 2.84. The first-order valence-electron chi connectivity index (χ1n) is 10.4. The zero-order valence-electron chi connectivity index (χ0n) is 18.3. The Morgan fingerprint density at radius 2 is 1.51 bits per heavy atom. The van der Waals surface area contributed by atoms with Crippen LogP contribution < -0.4 is 5.32 Å². The number of pyridine rings is 1. The summed E-state index contributed by atoms with van der Waals surface area (Å²) in [6, 6.07) is 19.3. The van der Waals surface area contributed by atoms with Crippen LogP contribution in [0.15, 0.2) is 66.7 Å². The van der Waals surface area contributed by atoms with Crippen LogP contribution in [0.2, 0.25) is 20.1 Å². The van der Waals surface area contributed by atoms with Crippen molar-refractivity contribution < 1.29 is 14.3 Å². The topological polar surface area (TPSA) is 68.3 Å². The van der Waals surface area contributed by atoms with Crippen LogP contribution in [0.5, 0.6) is 0 Å². The number of ether oxygens (including phenoxy) is 1. The van der Waals surface area contributed by atoms with E-state index in [1.54, 1.807) is 42.5 Å². The van der Waals surface area contributed by atoms with Gasteiger partial charge < -0.3 is 10.1 Å². The summed E-state index contributed by atoms with van der Waals surface area (Å²) in [5.74, 6) is -2.36. The average molecular weight is 548 g/mol. The molecule has 9 heteroatoms. The number of aromatic nitrogens is 1. The summed E-state index contributed by atoms with van der Waals surface area (Å²) in [7, 11) is 1.23. The quantitative estimate of drug-likeness (QED) is 0.200. The molecule has 1 atom stereocenters. The Kier molecular flexibility index (Phi) is 7.82. The summed E-state index contributed by atoms with van der Waals surface area (Å²) < 4.78 is 4.88. The number of nitrogens with zero attached hydrogens (tertiary/aromatic N) is 1. The molecule has 3 aromatic carbocycles. The van der Waals surface area contributed by atoms with Crippen LogP contribution in [0.25, 0.3) is 22.2 Å². The highest BCUT2D eigenvalue weighted by Crippen LogP contribution is 2.34. The number of methoxy groups -OCH3 is 1. The number of carbonyl (C=O) groups is 2. The summed E-state index contributed by atoms with van der Waals surface area (Å²) in [5, 5.41) is 5.01. The van der Waals surface area contributed by atoms with Crippen molar-refractivity contribution in [1.82, 2.24) is 4.98 Å². The second-order valence-corrected chi connectivity index (χ2v) is 9.31. The first-order chi connectivity index (χ1) is 16.8. The molecule has 0 aliphatic carbocycles. The van der Waals surface area contributed by atoms with Crippen molar-refractivity contribution in [2.75, 3.05) is 12.4 Å². The second kappa shape index (κ2) is 10.8. The first-order valence-corrected chi connectivity index (χ1v) is 12.0. The van der Waals surface area contributed by atoms with Gasteiger partial charge in [-0.15, -0.1) is 0 Å². The van der Waals surface area contributed by atoms with Gasteiger partial charge in [0.15, 0.2) is 0 Å². The smallest absolute Gasteiger partial charge is 0.318 e. The van der Waals surface area contributed by atoms with Gasteiger partial charge in [0.1, 0.15) is 5.92 Å². The Hall–Kier alpha value is -2.83. The summed E-state index contributed by atoms with van der Waals surface area (Å²) in [6.45, 7) is 0. The standard InChI is InChI=1S/C26H18Cl4N2O3/c1-35-26(34)16(25(33)32-24-19(29)6-3-7-20(24)30)13-14-8-10-21-15(12-14)9-11-22(31-21)23-17(27)4-2-5-18(23)28/h2-12,16H,13H2,1H3,(H,32,33). The Labute approximate surface area is 221 Å². The van der Waals surface area contributed by atoms with E-state index in [9.17, 15) is 9.59 Å². The van der Waals surface area contributed by atoms with Gasteiger partial charge in [0.05, 0.1) is 44.1 Å². The molecule has 0 spiro atoms. The molecular weight excluding hydrogens is 530 g/mol. The molecule has 4 aromatic rings. The lowest BCUT2D eigenvalue weighted by atomic mass is 9.97. The largest absolute Gasteiger partial charge is 0.468 e. The zero-order valence-corrected chi connectivity index (χ0v) is 21.3. The SMILES string of the molecule is COC(=O)C(Cc1ccc2nc(-c3c(Cl)cccc3Cl)ccc2c1)C(=O)Nc1c(Cl)cccc1Cl. The van der Waals surface area contributed by atoms with Crippen molar-refractivity contribution in [2.45, 2.75) is 6.42 Å². The van der Waals surface area contributed by atoms with Gasteiger partial charge in [-0.1, -0.05) is 70.7 Å². The van der Waals surface area contributed by atoms with E-state index in [-0.39, 0.29) is 22.2 Å². The number of rotatable bonds is 6. The number of benzene rings is 3. The van der Waals surface area contributed by atoms with Gasteiger partial charge in [-0.25, -0.2) is 4.98 Å². The first kappa shape index (κ1) is 25.3. The van der Waals surface area contributed by atoms with E-state index >= 15 is 0 Å². The van der Waals surface area contributed by atoms with Gasteiger partial charge in [0, 0.05) is 10.9 Å². The molecule has 0 fully saturated rings. The molecule has 35 heavy (non-hydrogen) atoms. The summed E-state index contributed by atoms with van der Waals surface area (Å²) >= 11 is 25.0. The molecule has 5 nitrogen and oxygen atoms in total. The van der Waals surface area contributed by atoms with Gasteiger partial charge in [-0.2, -0.15) is 0 Å². The lowest BCUT2D eigenvalue weighted by Crippen LogP contribution is -2.32. The zero-order chi connectivity index (χ0) is 25.1. The minimum absolute atomic E-state index is 0.106. The molecule has 0 saturated carbocycles. The summed E-state index contributed by atoms with van der Waals surface area (Å²) in [5.41, 5.74) is 3.00. The molecule has 178 valence electrons. The molecule has 0 saturated heterocycles. The van der Waals surface area contributed by atoms with Crippen LogP contribution in [0, 0.1) is 5.92 Å². The van der Waals surface area contributed by atoms with E-state index < -0.39 is 17.8 Å². The van der Waals surface area contributed by atoms with Gasteiger partial charge >= 0.3 is 5.97 Å². The van der Waals surface area contributed by atoms with E-state index in [2.05, 4.69) is 10.3 Å². The van der Waals surface area contributed by atoms with Crippen LogP contribution in [0.3, 0.4) is 0 Å². The number of carbonyl (C=O) groups excluding carboxylic acids is 2. The lowest BCUT2D eigenvalue weighted by Gasteiger charge is -2.16. The summed E-state index contributed by atoms with van der Waals surface area (Å²) in [4.78, 5) is 30.1. The number of esters is 1. The van der Waals surface area contributed by atoms with Crippen LogP contribution in [0.4, 0.5) is 5.69 Å². The van der Waals surface area contributed by atoms with Gasteiger partial charge in [-0.3, -0.25) is 9.59 Å². The van der Waals surface area contributed by atoms with Crippen LogP contribution >= 0.6 is 46.4 Å². The number of hydrogen-bond donors (Lipinski definition) is 1. The Morgan fingerprint density at radius 3 is 2.14 bits per heavy atom. The molecule has 1 heterocycles. The minimum Gasteiger partial charge on any atom is -0.468 e. The van der Waals surface area contributed by atoms with Crippen molar-refractivity contribution in [3.8, 4) is 11.3 Å². The Morgan fingerprint density at radius 1 is 0.886 bits per heavy atom. The van der Waals surface area contributed by atoms with Crippen molar-refractivity contribution in [3.63, 3.8) is 0 Å². The van der Waals surface area contributed by atoms with Crippen molar-refractivity contribution in [3.05, 3.63) is 92.4 Å². The Balaban J connectivity index is 1.61. The monoisotopic (exact) mass is 546 g/mol. The number of halogens is 4. The molecule has 4 rings (SSSR count). The molecule has 1 N–H and O–H groups in total. The third-order valence-corrected chi connectivity index (χ3v) is 6.69. The number of fused-ring (bicyclic) bond motifs is 1. The van der Waals surface area contributed by atoms with Crippen LogP contribution in [-0.2, 0) is 20.7 Å². The van der Waals surface area contributed by atoms with Crippen LogP contribution in [0.1, 0.15) is 5.56 Å². The minimum atomic E-state index is -1.11. The number of nitrogens with one attached hydrogen (secondary N) is 1. The van der Waals surface area contributed by atoms with Gasteiger partial charge in [0.25, 0.3) is 0 Å². The summed E-state index contributed by atoms with van der Waals surface area (Å²) in [6.07, 6.45) is 0.106. The predicted octanol–water partition coefficient (Wildman–Crippen LogP) is 7.49. The number of para-hydroxylation sites is 1. The van der Waals surface area contributed by atoms with Crippen molar-refractivity contribution in [2.24, 2.45) is 5.92 Å². The van der Waals surface area contributed by atoms with E-state index in [0.717, 1.165) is 10.9 Å². The molecule has 0 aliphatic rings. The van der Waals surface area contributed by atoms with E-state index in [1.165, 1.54) is 7.11 Å². The van der Waals surface area contributed by atoms with Crippen molar-refractivity contribution in [1.29, 1.82) is 0 Å². The molecule has 0 radical (unpaired) electrons. The van der Waals surface area contributed by atoms with E-state index in [1.807, 2.05) is 24.3 Å². The third kappa shape index (κ3) is 5.54. The fourth-order valence-electron chi connectivity index (χ4n) is 3.67. The maximum absolute atomic E-state index is 13.0. The lowest BCUT2D eigenvalue weighted by molar-refractivity contribution is -0.148. The van der Waals surface area contributed by atoms with Gasteiger partial charge in [-0.05, 0) is 54.4 Å². The molecule has 0 aliphatic heterocycles. The predicted molar refractivity (Wildman–Crippen MR) is 142 cm³/mol. The molecule has 0 bridgehead atoms. The fourth-order valence-corrected chi connectivity index (χ4v) is 4.76. The molecular formula is C26H18Cl4N2O3. The maximum Gasteiger partial charge on any atom is 0.318 e. The van der Waals surface area contributed by atoms with E-state index in [4.69, 9.17) is 51.1 Å². The molecule has 1 aromatic heterocycles. The number of amides is 1. The highest BCUT2D eigenvalue weighted by atomic mass is 35.5. The second-order valence-electron chi connectivity index (χ2n) is 7.69. The highest BCUT2D eigenvalue weighted by molar-refractivity contribution is 6.40.